The molecule has 40 heavy (non-hydrogen) atoms. The third kappa shape index (κ3) is 8.00. The quantitative estimate of drug-likeness (QED) is 0.145. The predicted molar refractivity (Wildman–Crippen MR) is 149 cm³/mol. The van der Waals surface area contributed by atoms with Gasteiger partial charge in [-0.15, -0.1) is 5.10 Å². The van der Waals surface area contributed by atoms with Crippen molar-refractivity contribution in [2.75, 3.05) is 13.7 Å². The van der Waals surface area contributed by atoms with E-state index in [0.717, 1.165) is 42.0 Å². The summed E-state index contributed by atoms with van der Waals surface area (Å²) >= 11 is 0. The molecule has 0 N–H and O–H groups in total. The maximum atomic E-state index is 13.6. The predicted octanol–water partition coefficient (Wildman–Crippen LogP) is 7.18. The number of pyridine rings is 1. The molecule has 0 bridgehead atoms. The summed E-state index contributed by atoms with van der Waals surface area (Å²) in [5.41, 5.74) is 3.29. The van der Waals surface area contributed by atoms with Crippen molar-refractivity contribution in [2.24, 2.45) is 5.92 Å². The Morgan fingerprint density at radius 1 is 1.02 bits per heavy atom. The second kappa shape index (κ2) is 12.6. The van der Waals surface area contributed by atoms with Gasteiger partial charge in [0, 0.05) is 38.4 Å². The van der Waals surface area contributed by atoms with Gasteiger partial charge in [0.15, 0.2) is 5.82 Å². The zero-order valence-corrected chi connectivity index (χ0v) is 24.5. The van der Waals surface area contributed by atoms with E-state index in [4.69, 9.17) is 9.47 Å². The zero-order valence-electron chi connectivity index (χ0n) is 23.5. The van der Waals surface area contributed by atoms with Crippen LogP contribution in [0.3, 0.4) is 0 Å². The molecule has 4 rings (SSSR count). The van der Waals surface area contributed by atoms with E-state index in [0.29, 0.717) is 36.1 Å². The molecule has 1 aromatic carbocycles. The smallest absolute Gasteiger partial charge is 0.451 e. The summed E-state index contributed by atoms with van der Waals surface area (Å²) in [4.78, 5) is 19.8. The first kappa shape index (κ1) is 29.9. The first-order valence-corrected chi connectivity index (χ1v) is 17.4. The Hall–Kier alpha value is -3.05. The van der Waals surface area contributed by atoms with Crippen molar-refractivity contribution >= 4 is 14.0 Å². The van der Waals surface area contributed by atoms with Gasteiger partial charge in [-0.05, 0) is 61.3 Å². The first-order valence-electron chi connectivity index (χ1n) is 13.7. The number of alkyl halides is 3. The fraction of sp³-hybridized carbons (Fsp3) is 0.517. The summed E-state index contributed by atoms with van der Waals surface area (Å²) in [6.45, 7) is 6.61. The van der Waals surface area contributed by atoms with E-state index in [-0.39, 0.29) is 18.5 Å². The second-order valence-corrected chi connectivity index (χ2v) is 17.3. The Morgan fingerprint density at radius 2 is 1.70 bits per heavy atom. The van der Waals surface area contributed by atoms with E-state index in [1.807, 2.05) is 12.1 Å². The summed E-state index contributed by atoms with van der Waals surface area (Å²) in [5, 5.41) is 4.08. The number of nitrogens with zero attached hydrogens (tertiary/aromatic N) is 4. The van der Waals surface area contributed by atoms with Crippen LogP contribution in [-0.2, 0) is 27.2 Å². The van der Waals surface area contributed by atoms with Crippen molar-refractivity contribution in [3.8, 4) is 22.6 Å². The molecule has 0 amide bonds. The maximum Gasteiger partial charge on any atom is 0.451 e. The average Bonchev–Trinajstić information content (AvgIpc) is 3.36. The van der Waals surface area contributed by atoms with Crippen LogP contribution in [0.5, 0.6) is 0 Å². The molecule has 7 nitrogen and oxygen atoms in total. The van der Waals surface area contributed by atoms with Gasteiger partial charge < -0.3 is 9.47 Å². The van der Waals surface area contributed by atoms with E-state index in [9.17, 15) is 18.0 Å². The van der Waals surface area contributed by atoms with Crippen LogP contribution in [0.1, 0.15) is 49.4 Å². The molecule has 1 fully saturated rings. The van der Waals surface area contributed by atoms with E-state index in [1.165, 1.54) is 18.9 Å². The Balaban J connectivity index is 1.40. The molecule has 216 valence electrons. The van der Waals surface area contributed by atoms with Gasteiger partial charge in [0.2, 0.25) is 5.82 Å². The number of hydrogen-bond acceptors (Lipinski definition) is 6. The number of benzene rings is 1. The number of methoxy groups -OCH3 is 1. The number of aromatic nitrogens is 4. The van der Waals surface area contributed by atoms with Crippen LogP contribution < -0.4 is 0 Å². The SMILES string of the molecule is COC(=O)C[C@H]1CC[C@H](c2ccc(-c3ccc(-c4nc(C(F)(F)F)n(COCC[Si](C)(C)C)n4)cn3)cc2)CC1. The van der Waals surface area contributed by atoms with Crippen LogP contribution in [0.25, 0.3) is 22.6 Å². The van der Waals surface area contributed by atoms with Crippen LogP contribution >= 0.6 is 0 Å². The molecule has 0 unspecified atom stereocenters. The van der Waals surface area contributed by atoms with Gasteiger partial charge in [0.1, 0.15) is 6.73 Å². The van der Waals surface area contributed by atoms with Crippen molar-refractivity contribution in [1.29, 1.82) is 0 Å². The van der Waals surface area contributed by atoms with Gasteiger partial charge in [-0.3, -0.25) is 9.78 Å². The summed E-state index contributed by atoms with van der Waals surface area (Å²) in [7, 11) is 0.0671. The fourth-order valence-electron chi connectivity index (χ4n) is 4.94. The highest BCUT2D eigenvalue weighted by Gasteiger charge is 2.38. The Kier molecular flexibility index (Phi) is 9.45. The molecule has 11 heteroatoms. The van der Waals surface area contributed by atoms with Crippen LogP contribution in [0.2, 0.25) is 25.7 Å². The van der Waals surface area contributed by atoms with Crippen LogP contribution in [0.4, 0.5) is 13.2 Å². The molecule has 1 saturated carbocycles. The van der Waals surface area contributed by atoms with Crippen molar-refractivity contribution in [1.82, 2.24) is 19.7 Å². The second-order valence-electron chi connectivity index (χ2n) is 11.7. The molecule has 0 aliphatic heterocycles. The summed E-state index contributed by atoms with van der Waals surface area (Å²) in [5.74, 6) is -0.422. The zero-order chi connectivity index (χ0) is 28.9. The average molecular weight is 575 g/mol. The Morgan fingerprint density at radius 3 is 2.27 bits per heavy atom. The molecular weight excluding hydrogens is 537 g/mol. The largest absolute Gasteiger partial charge is 0.469 e. The lowest BCUT2D eigenvalue weighted by atomic mass is 9.77. The van der Waals surface area contributed by atoms with E-state index in [2.05, 4.69) is 46.8 Å². The normalized spacial score (nSPS) is 18.1. The van der Waals surface area contributed by atoms with Gasteiger partial charge in [0.05, 0.1) is 12.8 Å². The molecule has 3 aromatic rings. The van der Waals surface area contributed by atoms with Crippen molar-refractivity contribution in [3.63, 3.8) is 0 Å². The van der Waals surface area contributed by atoms with Crippen molar-refractivity contribution in [2.45, 2.75) is 76.6 Å². The number of carbonyl (C=O) groups excluding carboxylic acids is 1. The first-order chi connectivity index (χ1) is 18.9. The van der Waals surface area contributed by atoms with Gasteiger partial charge in [-0.1, -0.05) is 43.9 Å². The molecule has 0 radical (unpaired) electrons. The number of halogens is 3. The van der Waals surface area contributed by atoms with Gasteiger partial charge in [-0.25, -0.2) is 9.67 Å². The van der Waals surface area contributed by atoms with Crippen LogP contribution in [0.15, 0.2) is 42.6 Å². The topological polar surface area (TPSA) is 79.1 Å². The number of hydrogen-bond donors (Lipinski definition) is 0. The summed E-state index contributed by atoms with van der Waals surface area (Å²) in [6, 6.07) is 12.6. The van der Waals surface area contributed by atoms with Crippen molar-refractivity contribution < 1.29 is 27.4 Å². The van der Waals surface area contributed by atoms with Crippen LogP contribution in [0, 0.1) is 5.92 Å². The fourth-order valence-corrected chi connectivity index (χ4v) is 5.69. The van der Waals surface area contributed by atoms with E-state index in [1.54, 1.807) is 12.1 Å². The highest BCUT2D eigenvalue weighted by molar-refractivity contribution is 6.76. The molecule has 0 saturated heterocycles. The highest BCUT2D eigenvalue weighted by Crippen LogP contribution is 2.38. The Labute approximate surface area is 234 Å². The van der Waals surface area contributed by atoms with Gasteiger partial charge >= 0.3 is 12.1 Å². The third-order valence-corrected chi connectivity index (χ3v) is 9.07. The molecule has 1 aliphatic rings. The number of carbonyl (C=O) groups is 1. The Bertz CT molecular complexity index is 1260. The molecule has 1 aliphatic carbocycles. The lowest BCUT2D eigenvalue weighted by Crippen LogP contribution is -2.23. The molecule has 2 aromatic heterocycles. The molecular formula is C29H37F3N4O3Si. The summed E-state index contributed by atoms with van der Waals surface area (Å²) in [6.07, 6.45) is 1.43. The number of rotatable bonds is 10. The minimum absolute atomic E-state index is 0.0432. The maximum absolute atomic E-state index is 13.6. The van der Waals surface area contributed by atoms with Crippen LogP contribution in [-0.4, -0.2) is 47.5 Å². The lowest BCUT2D eigenvalue weighted by molar-refractivity contribution is -0.150. The third-order valence-electron chi connectivity index (χ3n) is 7.36. The molecule has 0 spiro atoms. The lowest BCUT2D eigenvalue weighted by Gasteiger charge is -2.28. The number of esters is 1. The summed E-state index contributed by atoms with van der Waals surface area (Å²) < 4.78 is 51.9. The van der Waals surface area contributed by atoms with Gasteiger partial charge in [0.25, 0.3) is 0 Å². The number of ether oxygens (including phenoxy) is 2. The minimum Gasteiger partial charge on any atom is -0.469 e. The monoisotopic (exact) mass is 574 g/mol. The standard InChI is InChI=1S/C29H37F3N4O3Si/c1-38-26(37)17-20-5-7-21(8-6-20)22-9-11-23(12-10-22)25-14-13-24(18-33-25)27-34-28(29(30,31)32)36(35-27)19-39-15-16-40(2,3)4/h9-14,18,20-21H,5-8,15-17,19H2,1-4H3/t20-,21-. The van der Waals surface area contributed by atoms with E-state index < -0.39 is 20.1 Å². The highest BCUT2D eigenvalue weighted by atomic mass is 28.3. The van der Waals surface area contributed by atoms with E-state index >= 15 is 0 Å². The van der Waals surface area contributed by atoms with Gasteiger partial charge in [-0.2, -0.15) is 13.2 Å². The molecule has 0 atom stereocenters. The minimum atomic E-state index is -4.65. The molecule has 2 heterocycles. The van der Waals surface area contributed by atoms with Crippen molar-refractivity contribution in [3.05, 3.63) is 54.0 Å².